The number of anilines is 1. The average Bonchev–Trinajstić information content (AvgIpc) is 2.92. The maximum Gasteiger partial charge on any atom is 0.230 e. The van der Waals surface area contributed by atoms with E-state index in [9.17, 15) is 4.79 Å². The Morgan fingerprint density at radius 1 is 1.41 bits per heavy atom. The van der Waals surface area contributed by atoms with Crippen molar-refractivity contribution in [3.05, 3.63) is 33.8 Å². The van der Waals surface area contributed by atoms with Crippen LogP contribution in [0.5, 0.6) is 5.75 Å². The van der Waals surface area contributed by atoms with E-state index in [4.69, 9.17) is 16.3 Å². The quantitative estimate of drug-likeness (QED) is 0.834. The Morgan fingerprint density at radius 3 is 2.95 bits per heavy atom. The Hall–Kier alpha value is -1.66. The lowest BCUT2D eigenvalue weighted by Crippen LogP contribution is -2.14. The molecule has 2 rings (SSSR count). The Labute approximate surface area is 138 Å². The summed E-state index contributed by atoms with van der Waals surface area (Å²) in [6.07, 6.45) is 3.25. The van der Waals surface area contributed by atoms with E-state index < -0.39 is 0 Å². The van der Waals surface area contributed by atoms with Crippen molar-refractivity contribution in [2.45, 2.75) is 32.6 Å². The van der Waals surface area contributed by atoms with Gasteiger partial charge in [-0.1, -0.05) is 36.3 Å². The summed E-state index contributed by atoms with van der Waals surface area (Å²) in [6.45, 7) is 2.13. The van der Waals surface area contributed by atoms with E-state index in [-0.39, 0.29) is 12.3 Å². The third-order valence-electron chi connectivity index (χ3n) is 3.05. The van der Waals surface area contributed by atoms with Crippen molar-refractivity contribution in [2.75, 3.05) is 12.4 Å². The van der Waals surface area contributed by atoms with Gasteiger partial charge in [-0.15, -0.1) is 10.2 Å². The average molecular weight is 340 g/mol. The van der Waals surface area contributed by atoms with Gasteiger partial charge in [0.25, 0.3) is 0 Å². The fraction of sp³-hybridized carbons (Fsp3) is 0.400. The minimum Gasteiger partial charge on any atom is -0.496 e. The number of hydrogen-bond acceptors (Lipinski definition) is 5. The van der Waals surface area contributed by atoms with Crippen LogP contribution in [0.3, 0.4) is 0 Å². The molecule has 118 valence electrons. The lowest BCUT2D eigenvalue weighted by atomic mass is 10.1. The molecule has 0 saturated carbocycles. The Balaban J connectivity index is 1.98. The topological polar surface area (TPSA) is 64.1 Å². The first kappa shape index (κ1) is 16.7. The fourth-order valence-corrected chi connectivity index (χ4v) is 2.95. The molecular formula is C15H18ClN3O2S. The second kappa shape index (κ2) is 8.10. The van der Waals surface area contributed by atoms with Crippen molar-refractivity contribution >= 4 is 34.0 Å². The van der Waals surface area contributed by atoms with Gasteiger partial charge in [0.1, 0.15) is 10.8 Å². The summed E-state index contributed by atoms with van der Waals surface area (Å²) < 4.78 is 5.24. The number of nitrogens with one attached hydrogen (secondary N) is 1. The van der Waals surface area contributed by atoms with Gasteiger partial charge in [0.15, 0.2) is 0 Å². The van der Waals surface area contributed by atoms with Crippen molar-refractivity contribution in [3.8, 4) is 5.75 Å². The van der Waals surface area contributed by atoms with Gasteiger partial charge in [0.2, 0.25) is 11.0 Å². The summed E-state index contributed by atoms with van der Waals surface area (Å²) in [4.78, 5) is 12.1. The first-order valence-electron chi connectivity index (χ1n) is 7.07. The molecule has 0 bridgehead atoms. The largest absolute Gasteiger partial charge is 0.496 e. The number of methoxy groups -OCH3 is 1. The normalized spacial score (nSPS) is 10.5. The maximum atomic E-state index is 12.1. The molecule has 7 heteroatoms. The molecule has 1 amide bonds. The van der Waals surface area contributed by atoms with Gasteiger partial charge in [0, 0.05) is 17.0 Å². The molecule has 0 saturated heterocycles. The molecule has 0 atom stereocenters. The summed E-state index contributed by atoms with van der Waals surface area (Å²) in [5, 5.41) is 12.9. The van der Waals surface area contributed by atoms with Crippen molar-refractivity contribution in [2.24, 2.45) is 0 Å². The molecule has 0 aliphatic heterocycles. The summed E-state index contributed by atoms with van der Waals surface area (Å²) >= 11 is 7.38. The molecule has 1 aromatic heterocycles. The van der Waals surface area contributed by atoms with E-state index in [0.29, 0.717) is 15.9 Å². The van der Waals surface area contributed by atoms with Gasteiger partial charge >= 0.3 is 0 Å². The molecule has 22 heavy (non-hydrogen) atoms. The number of hydrogen-bond donors (Lipinski definition) is 1. The lowest BCUT2D eigenvalue weighted by molar-refractivity contribution is -0.115. The van der Waals surface area contributed by atoms with E-state index in [1.54, 1.807) is 25.3 Å². The highest BCUT2D eigenvalue weighted by atomic mass is 35.5. The van der Waals surface area contributed by atoms with Gasteiger partial charge in [0.05, 0.1) is 13.5 Å². The highest BCUT2D eigenvalue weighted by Gasteiger charge is 2.12. The van der Waals surface area contributed by atoms with Gasteiger partial charge in [-0.2, -0.15) is 0 Å². The predicted octanol–water partition coefficient (Wildman–Crippen LogP) is 3.72. The fourth-order valence-electron chi connectivity index (χ4n) is 1.95. The second-order valence-electron chi connectivity index (χ2n) is 4.79. The van der Waals surface area contributed by atoms with Crippen molar-refractivity contribution in [1.82, 2.24) is 10.2 Å². The van der Waals surface area contributed by atoms with E-state index in [2.05, 4.69) is 22.4 Å². The minimum absolute atomic E-state index is 0.168. The molecule has 2 aromatic rings. The monoisotopic (exact) mass is 339 g/mol. The summed E-state index contributed by atoms with van der Waals surface area (Å²) in [5.41, 5.74) is 0.739. The van der Waals surface area contributed by atoms with Gasteiger partial charge < -0.3 is 10.1 Å². The van der Waals surface area contributed by atoms with Crippen LogP contribution in [0.2, 0.25) is 5.02 Å². The van der Waals surface area contributed by atoms with Crippen LogP contribution in [0.15, 0.2) is 18.2 Å². The Kier molecular flexibility index (Phi) is 6.15. The molecule has 1 aromatic carbocycles. The third kappa shape index (κ3) is 4.68. The molecule has 5 nitrogen and oxygen atoms in total. The van der Waals surface area contributed by atoms with Crippen LogP contribution in [0.4, 0.5) is 5.13 Å². The molecule has 1 heterocycles. The van der Waals surface area contributed by atoms with Gasteiger partial charge in [-0.05, 0) is 24.6 Å². The van der Waals surface area contributed by atoms with E-state index in [1.807, 2.05) is 0 Å². The van der Waals surface area contributed by atoms with Gasteiger partial charge in [-0.3, -0.25) is 4.79 Å². The molecule has 0 spiro atoms. The van der Waals surface area contributed by atoms with Crippen molar-refractivity contribution in [3.63, 3.8) is 0 Å². The Bertz CT molecular complexity index is 645. The van der Waals surface area contributed by atoms with Crippen LogP contribution in [-0.4, -0.2) is 23.2 Å². The van der Waals surface area contributed by atoms with E-state index >= 15 is 0 Å². The molecule has 0 radical (unpaired) electrons. The zero-order chi connectivity index (χ0) is 15.9. The van der Waals surface area contributed by atoms with Crippen LogP contribution in [0.1, 0.15) is 30.3 Å². The van der Waals surface area contributed by atoms with Gasteiger partial charge in [-0.25, -0.2) is 0 Å². The number of aromatic nitrogens is 2. The molecule has 0 aliphatic carbocycles. The first-order valence-corrected chi connectivity index (χ1v) is 8.26. The number of benzene rings is 1. The number of carbonyl (C=O) groups is 1. The zero-order valence-electron chi connectivity index (χ0n) is 12.6. The first-order chi connectivity index (χ1) is 10.6. The lowest BCUT2D eigenvalue weighted by Gasteiger charge is -2.08. The smallest absolute Gasteiger partial charge is 0.230 e. The van der Waals surface area contributed by atoms with Crippen LogP contribution in [0, 0.1) is 0 Å². The highest BCUT2D eigenvalue weighted by molar-refractivity contribution is 7.15. The molecule has 0 fully saturated rings. The number of nitrogens with zero attached hydrogens (tertiary/aromatic N) is 2. The van der Waals surface area contributed by atoms with E-state index in [1.165, 1.54) is 11.3 Å². The number of rotatable bonds is 7. The maximum absolute atomic E-state index is 12.1. The molecule has 1 N–H and O–H groups in total. The number of unbranched alkanes of at least 4 members (excludes halogenated alkanes) is 1. The minimum atomic E-state index is -0.168. The molecule has 0 aliphatic rings. The van der Waals surface area contributed by atoms with Crippen LogP contribution >= 0.6 is 22.9 Å². The van der Waals surface area contributed by atoms with Crippen LogP contribution in [0.25, 0.3) is 0 Å². The predicted molar refractivity (Wildman–Crippen MR) is 88.9 cm³/mol. The Morgan fingerprint density at radius 2 is 2.23 bits per heavy atom. The van der Waals surface area contributed by atoms with E-state index in [0.717, 1.165) is 29.8 Å². The molecule has 0 unspecified atom stereocenters. The highest BCUT2D eigenvalue weighted by Crippen LogP contribution is 2.24. The van der Waals surface area contributed by atoms with Crippen molar-refractivity contribution in [1.29, 1.82) is 0 Å². The number of carbonyl (C=O) groups excluding carboxylic acids is 1. The zero-order valence-corrected chi connectivity index (χ0v) is 14.1. The number of aryl methyl sites for hydroxylation is 1. The summed E-state index contributed by atoms with van der Waals surface area (Å²) in [7, 11) is 1.56. The summed E-state index contributed by atoms with van der Waals surface area (Å²) in [6, 6.07) is 5.21. The number of halogens is 1. The van der Waals surface area contributed by atoms with Crippen LogP contribution < -0.4 is 10.1 Å². The number of amides is 1. The SMILES string of the molecule is CCCCc1nnc(NC(=O)Cc2cc(Cl)ccc2OC)s1. The second-order valence-corrected chi connectivity index (χ2v) is 6.28. The third-order valence-corrected chi connectivity index (χ3v) is 4.18. The summed E-state index contributed by atoms with van der Waals surface area (Å²) in [5.74, 6) is 0.471. The molecular weight excluding hydrogens is 322 g/mol. The standard InChI is InChI=1S/C15H18ClN3O2S/c1-3-4-5-14-18-19-15(22-14)17-13(20)9-10-8-11(16)6-7-12(10)21-2/h6-8H,3-5,9H2,1-2H3,(H,17,19,20). The van der Waals surface area contributed by atoms with Crippen molar-refractivity contribution < 1.29 is 9.53 Å². The number of ether oxygens (including phenoxy) is 1. The van der Waals surface area contributed by atoms with Crippen LogP contribution in [-0.2, 0) is 17.6 Å².